The van der Waals surface area contributed by atoms with Crippen LogP contribution in [0.15, 0.2) is 30.5 Å². The summed E-state index contributed by atoms with van der Waals surface area (Å²) in [6.07, 6.45) is 8.37. The van der Waals surface area contributed by atoms with Gasteiger partial charge in [-0.2, -0.15) is 0 Å². The van der Waals surface area contributed by atoms with E-state index >= 15 is 0 Å². The quantitative estimate of drug-likeness (QED) is 0.402. The molecule has 1 saturated heterocycles. The number of likely N-dealkylation sites (tertiary alicyclic amines) is 1. The van der Waals surface area contributed by atoms with Crippen molar-refractivity contribution in [2.75, 3.05) is 17.8 Å². The number of aromatic nitrogens is 3. The predicted molar refractivity (Wildman–Crippen MR) is 141 cm³/mol. The molecular weight excluding hydrogens is 501 g/mol. The van der Waals surface area contributed by atoms with Crippen molar-refractivity contribution in [2.45, 2.75) is 76.2 Å². The minimum atomic E-state index is -1.12. The highest BCUT2D eigenvalue weighted by atomic mass is 35.5. The highest BCUT2D eigenvalue weighted by molar-refractivity contribution is 7.87. The molecule has 1 aliphatic heterocycles. The summed E-state index contributed by atoms with van der Waals surface area (Å²) in [5.74, 6) is 1.54. The number of ether oxygens (including phenoxy) is 1. The van der Waals surface area contributed by atoms with Crippen LogP contribution >= 0.6 is 11.6 Å². The van der Waals surface area contributed by atoms with Crippen LogP contribution in [0, 0.1) is 5.82 Å². The molecule has 3 aromatic rings. The van der Waals surface area contributed by atoms with Crippen LogP contribution in [0.5, 0.6) is 5.75 Å². The van der Waals surface area contributed by atoms with Gasteiger partial charge in [0.1, 0.15) is 28.7 Å². The van der Waals surface area contributed by atoms with Crippen molar-refractivity contribution in [1.82, 2.24) is 19.5 Å². The standard InChI is InChI=1S/C24H27ClFN5O2S.C2H6/c25-21-10-17(26)6-5-16(21)12-30-9-1-2-18(13-30)33-22-11-23-27-28-24(29-34(32)19-7-8-19)31(23)14-20(22)15-3-4-15;1-2/h5-6,10-11,14-15,18-19H,1-4,7-9,12-13H2,(H,28,29);1-2H3. The summed E-state index contributed by atoms with van der Waals surface area (Å²) in [4.78, 5) is 2.31. The number of nitrogens with zero attached hydrogens (tertiary/aromatic N) is 4. The lowest BCUT2D eigenvalue weighted by atomic mass is 10.1. The fourth-order valence-electron chi connectivity index (χ4n) is 4.58. The van der Waals surface area contributed by atoms with Gasteiger partial charge in [0.05, 0.1) is 5.25 Å². The molecule has 1 aromatic carbocycles. The van der Waals surface area contributed by atoms with Gasteiger partial charge in [-0.25, -0.2) is 8.60 Å². The molecule has 194 valence electrons. The number of piperidine rings is 1. The highest BCUT2D eigenvalue weighted by Gasteiger charge is 2.32. The van der Waals surface area contributed by atoms with Gasteiger partial charge in [-0.05, 0) is 68.7 Å². The number of rotatable bonds is 8. The summed E-state index contributed by atoms with van der Waals surface area (Å²) in [5, 5.41) is 9.21. The van der Waals surface area contributed by atoms with Crippen LogP contribution < -0.4 is 9.46 Å². The van der Waals surface area contributed by atoms with Crippen molar-refractivity contribution in [1.29, 1.82) is 0 Å². The SMILES string of the molecule is CC.O=S(Nc1nnc2cc(OC3CCCN(Cc4ccc(F)cc4Cl)C3)c(C3CC3)cn12)C1CC1. The highest BCUT2D eigenvalue weighted by Crippen LogP contribution is 2.45. The maximum absolute atomic E-state index is 13.4. The van der Waals surface area contributed by atoms with Crippen LogP contribution in [0.4, 0.5) is 10.3 Å². The van der Waals surface area contributed by atoms with E-state index in [9.17, 15) is 8.60 Å². The van der Waals surface area contributed by atoms with Crippen LogP contribution in [-0.2, 0) is 17.5 Å². The zero-order chi connectivity index (χ0) is 25.2. The molecule has 3 fully saturated rings. The van der Waals surface area contributed by atoms with Crippen molar-refractivity contribution in [3.05, 3.63) is 52.4 Å². The van der Waals surface area contributed by atoms with Gasteiger partial charge in [-0.15, -0.1) is 10.2 Å². The Morgan fingerprint density at radius 3 is 2.69 bits per heavy atom. The number of halogens is 2. The van der Waals surface area contributed by atoms with Gasteiger partial charge in [0.2, 0.25) is 5.95 Å². The minimum Gasteiger partial charge on any atom is -0.489 e. The van der Waals surface area contributed by atoms with Gasteiger partial charge < -0.3 is 4.74 Å². The first-order chi connectivity index (χ1) is 17.5. The summed E-state index contributed by atoms with van der Waals surface area (Å²) in [7, 11) is -1.12. The zero-order valence-electron chi connectivity index (χ0n) is 20.8. The largest absolute Gasteiger partial charge is 0.489 e. The number of hydrogen-bond donors (Lipinski definition) is 1. The van der Waals surface area contributed by atoms with Crippen LogP contribution in [-0.4, -0.2) is 48.2 Å². The number of anilines is 1. The molecule has 2 aromatic heterocycles. The van der Waals surface area contributed by atoms with Crippen molar-refractivity contribution >= 4 is 34.2 Å². The Bertz CT molecular complexity index is 1250. The smallest absolute Gasteiger partial charge is 0.240 e. The second-order valence-electron chi connectivity index (χ2n) is 9.57. The number of benzene rings is 1. The topological polar surface area (TPSA) is 71.8 Å². The van der Waals surface area contributed by atoms with E-state index in [4.69, 9.17) is 16.3 Å². The molecule has 0 bridgehead atoms. The monoisotopic (exact) mass is 533 g/mol. The fraction of sp³-hybridized carbons (Fsp3) is 0.538. The molecule has 1 N–H and O–H groups in total. The van der Waals surface area contributed by atoms with E-state index in [0.717, 1.165) is 68.5 Å². The predicted octanol–water partition coefficient (Wildman–Crippen LogP) is 5.71. The molecule has 2 aliphatic carbocycles. The Hall–Kier alpha value is -2.23. The molecule has 6 rings (SSSR count). The maximum Gasteiger partial charge on any atom is 0.240 e. The third-order valence-corrected chi connectivity index (χ3v) is 8.55. The van der Waals surface area contributed by atoms with Gasteiger partial charge in [-0.1, -0.05) is 31.5 Å². The molecule has 0 amide bonds. The third kappa shape index (κ3) is 5.84. The molecular formula is C26H33ClFN5O2S. The third-order valence-electron chi connectivity index (χ3n) is 6.74. The van der Waals surface area contributed by atoms with Crippen LogP contribution in [0.25, 0.3) is 5.65 Å². The number of hydrogen-bond acceptors (Lipinski definition) is 5. The summed E-state index contributed by atoms with van der Waals surface area (Å²) in [5.41, 5.74) is 2.77. The van der Waals surface area contributed by atoms with Crippen molar-refractivity contribution in [3.63, 3.8) is 0 Å². The number of nitrogens with one attached hydrogen (secondary N) is 1. The van der Waals surface area contributed by atoms with Gasteiger partial charge in [-0.3, -0.25) is 14.0 Å². The summed E-state index contributed by atoms with van der Waals surface area (Å²) in [6, 6.07) is 6.54. The van der Waals surface area contributed by atoms with Crippen LogP contribution in [0.2, 0.25) is 5.02 Å². The van der Waals surface area contributed by atoms with E-state index in [1.54, 1.807) is 6.07 Å². The molecule has 2 atom stereocenters. The van der Waals surface area contributed by atoms with E-state index in [0.29, 0.717) is 29.1 Å². The Kier molecular flexibility index (Phi) is 7.79. The van der Waals surface area contributed by atoms with E-state index in [-0.39, 0.29) is 17.2 Å². The molecule has 36 heavy (non-hydrogen) atoms. The molecule has 3 aliphatic rings. The maximum atomic E-state index is 13.4. The molecule has 0 radical (unpaired) electrons. The van der Waals surface area contributed by atoms with E-state index in [1.165, 1.54) is 12.1 Å². The Labute approximate surface area is 219 Å². The summed E-state index contributed by atoms with van der Waals surface area (Å²) in [6.45, 7) is 6.41. The molecule has 3 heterocycles. The normalized spacial score (nSPS) is 21.1. The van der Waals surface area contributed by atoms with E-state index in [1.807, 2.05) is 30.5 Å². The van der Waals surface area contributed by atoms with Crippen molar-refractivity contribution in [2.24, 2.45) is 0 Å². The molecule has 2 saturated carbocycles. The molecule has 0 spiro atoms. The average Bonchev–Trinajstić information content (AvgIpc) is 3.80. The van der Waals surface area contributed by atoms with E-state index < -0.39 is 11.0 Å². The first kappa shape index (κ1) is 25.4. The van der Waals surface area contributed by atoms with Gasteiger partial charge in [0.25, 0.3) is 0 Å². The van der Waals surface area contributed by atoms with Crippen molar-refractivity contribution < 1.29 is 13.3 Å². The number of fused-ring (bicyclic) bond motifs is 1. The minimum absolute atomic E-state index is 0.0517. The Balaban J connectivity index is 0.00000130. The van der Waals surface area contributed by atoms with E-state index in [2.05, 4.69) is 19.8 Å². The Morgan fingerprint density at radius 1 is 1.17 bits per heavy atom. The first-order valence-corrected chi connectivity index (χ1v) is 14.5. The van der Waals surface area contributed by atoms with Crippen LogP contribution in [0.1, 0.15) is 69.4 Å². The van der Waals surface area contributed by atoms with Crippen molar-refractivity contribution in [3.8, 4) is 5.75 Å². The Morgan fingerprint density at radius 2 is 1.97 bits per heavy atom. The number of pyridine rings is 1. The second kappa shape index (κ2) is 11.0. The lowest BCUT2D eigenvalue weighted by molar-refractivity contribution is 0.0836. The van der Waals surface area contributed by atoms with Gasteiger partial charge >= 0.3 is 0 Å². The molecule has 2 unspecified atom stereocenters. The van der Waals surface area contributed by atoms with Crippen LogP contribution in [0.3, 0.4) is 0 Å². The first-order valence-electron chi connectivity index (χ1n) is 12.9. The van der Waals surface area contributed by atoms with Gasteiger partial charge in [0.15, 0.2) is 5.65 Å². The summed E-state index contributed by atoms with van der Waals surface area (Å²) >= 11 is 6.25. The fourth-order valence-corrected chi connectivity index (χ4v) is 5.86. The molecule has 10 heteroatoms. The lowest BCUT2D eigenvalue weighted by Crippen LogP contribution is -2.40. The molecule has 7 nitrogen and oxygen atoms in total. The van der Waals surface area contributed by atoms with Gasteiger partial charge in [0, 0.05) is 35.9 Å². The summed E-state index contributed by atoms with van der Waals surface area (Å²) < 4.78 is 37.2. The second-order valence-corrected chi connectivity index (χ2v) is 11.4. The average molecular weight is 534 g/mol. The lowest BCUT2D eigenvalue weighted by Gasteiger charge is -2.33. The zero-order valence-corrected chi connectivity index (χ0v) is 22.3.